The van der Waals surface area contributed by atoms with Gasteiger partial charge in [0.05, 0.1) is 25.2 Å². The van der Waals surface area contributed by atoms with E-state index in [9.17, 15) is 4.79 Å². The van der Waals surface area contributed by atoms with Crippen LogP contribution >= 0.6 is 11.6 Å². The molecule has 2 aliphatic heterocycles. The van der Waals surface area contributed by atoms with Crippen LogP contribution in [0.1, 0.15) is 34.9 Å². The number of hydrogen-bond acceptors (Lipinski definition) is 4. The molecule has 4 rings (SSSR count). The lowest BCUT2D eigenvalue weighted by atomic mass is 9.96. The Morgan fingerprint density at radius 3 is 2.61 bits per heavy atom. The molecule has 0 amide bonds. The molecule has 0 aliphatic carbocycles. The van der Waals surface area contributed by atoms with Crippen LogP contribution in [-0.2, 0) is 0 Å². The zero-order chi connectivity index (χ0) is 15.8. The van der Waals surface area contributed by atoms with E-state index in [1.165, 1.54) is 0 Å². The van der Waals surface area contributed by atoms with Crippen LogP contribution in [0, 0.1) is 0 Å². The highest BCUT2D eigenvalue weighted by Crippen LogP contribution is 2.39. The summed E-state index contributed by atoms with van der Waals surface area (Å²) in [4.78, 5) is 12.4. The lowest BCUT2D eigenvalue weighted by molar-refractivity contribution is 0.0849. The van der Waals surface area contributed by atoms with E-state index in [1.807, 2.05) is 18.2 Å². The number of halogens is 1. The van der Waals surface area contributed by atoms with Crippen molar-refractivity contribution < 1.29 is 19.0 Å². The van der Waals surface area contributed by atoms with E-state index in [1.54, 1.807) is 18.2 Å². The lowest BCUT2D eigenvalue weighted by Crippen LogP contribution is -2.20. The smallest absolute Gasteiger partial charge is 0.170 e. The first-order chi connectivity index (χ1) is 11.2. The lowest BCUT2D eigenvalue weighted by Gasteiger charge is -2.26. The number of rotatable bonds is 1. The normalized spacial score (nSPS) is 19.5. The van der Waals surface area contributed by atoms with Crippen molar-refractivity contribution in [3.63, 3.8) is 0 Å². The molecule has 2 aromatic rings. The van der Waals surface area contributed by atoms with Crippen molar-refractivity contribution in [2.45, 2.75) is 18.9 Å². The fraction of sp³-hybridized carbons (Fsp3) is 0.278. The number of hydrogen-bond donors (Lipinski definition) is 0. The maximum absolute atomic E-state index is 12.4. The molecule has 0 aromatic heterocycles. The molecule has 2 aromatic carbocycles. The van der Waals surface area contributed by atoms with E-state index < -0.39 is 0 Å². The molecular weight excluding hydrogens is 316 g/mol. The number of carbonyl (C=O) groups is 1. The maximum atomic E-state index is 12.4. The molecule has 2 aliphatic rings. The molecule has 4 nitrogen and oxygen atoms in total. The van der Waals surface area contributed by atoms with Crippen LogP contribution in [0.25, 0.3) is 0 Å². The fourth-order valence-corrected chi connectivity index (χ4v) is 3.03. The van der Waals surface area contributed by atoms with Crippen molar-refractivity contribution in [2.75, 3.05) is 13.2 Å². The highest BCUT2D eigenvalue weighted by atomic mass is 35.5. The summed E-state index contributed by atoms with van der Waals surface area (Å²) in [5, 5.41) is 0.537. The first-order valence-electron chi connectivity index (χ1n) is 7.60. The molecule has 23 heavy (non-hydrogen) atoms. The number of carbonyl (C=O) groups excluding carboxylic acids is 1. The monoisotopic (exact) mass is 330 g/mol. The van der Waals surface area contributed by atoms with E-state index in [0.717, 1.165) is 17.7 Å². The number of Topliss-reactive ketones (excluding diaryl/α,β-unsaturated/α-hetero) is 1. The largest absolute Gasteiger partial charge is 0.490 e. The molecule has 1 atom stereocenters. The van der Waals surface area contributed by atoms with Gasteiger partial charge in [-0.05, 0) is 35.9 Å². The second kappa shape index (κ2) is 5.78. The SMILES string of the molecule is O=C1CC(c2ccc3c(c2)OCCCO3)Oc2ccc(Cl)cc21. The van der Waals surface area contributed by atoms with Gasteiger partial charge >= 0.3 is 0 Å². The van der Waals surface area contributed by atoms with Crippen molar-refractivity contribution in [3.05, 3.63) is 52.5 Å². The Balaban J connectivity index is 1.65. The Labute approximate surface area is 138 Å². The quantitative estimate of drug-likeness (QED) is 0.785. The van der Waals surface area contributed by atoms with E-state index in [4.69, 9.17) is 25.8 Å². The average molecular weight is 331 g/mol. The minimum atomic E-state index is -0.326. The van der Waals surface area contributed by atoms with Crippen molar-refractivity contribution in [1.82, 2.24) is 0 Å². The molecule has 0 fully saturated rings. The molecule has 0 bridgehead atoms. The Hall–Kier alpha value is -2.20. The molecule has 0 spiro atoms. The Morgan fingerprint density at radius 2 is 1.74 bits per heavy atom. The highest BCUT2D eigenvalue weighted by Gasteiger charge is 2.28. The molecule has 0 radical (unpaired) electrons. The molecular formula is C18H15ClO4. The van der Waals surface area contributed by atoms with Crippen LogP contribution in [0.4, 0.5) is 0 Å². The summed E-state index contributed by atoms with van der Waals surface area (Å²) >= 11 is 5.95. The van der Waals surface area contributed by atoms with Crippen LogP contribution in [0.3, 0.4) is 0 Å². The van der Waals surface area contributed by atoms with Crippen LogP contribution in [0.5, 0.6) is 17.2 Å². The second-order valence-corrected chi connectivity index (χ2v) is 6.07. The van der Waals surface area contributed by atoms with Gasteiger partial charge in [-0.2, -0.15) is 0 Å². The zero-order valence-corrected chi connectivity index (χ0v) is 13.1. The molecule has 2 heterocycles. The van der Waals surface area contributed by atoms with Gasteiger partial charge in [-0.25, -0.2) is 0 Å². The van der Waals surface area contributed by atoms with E-state index in [0.29, 0.717) is 35.3 Å². The predicted octanol–water partition coefficient (Wildman–Crippen LogP) is 4.21. The average Bonchev–Trinajstić information content (AvgIpc) is 2.80. The number of fused-ring (bicyclic) bond motifs is 2. The highest BCUT2D eigenvalue weighted by molar-refractivity contribution is 6.31. The van der Waals surface area contributed by atoms with Gasteiger partial charge in [-0.1, -0.05) is 17.7 Å². The molecule has 0 saturated carbocycles. The third-order valence-corrected chi connectivity index (χ3v) is 4.26. The van der Waals surface area contributed by atoms with Gasteiger partial charge < -0.3 is 14.2 Å². The van der Waals surface area contributed by atoms with Gasteiger partial charge in [-0.3, -0.25) is 4.79 Å². The molecule has 1 unspecified atom stereocenters. The minimum absolute atomic E-state index is 0.0332. The number of ketones is 1. The van der Waals surface area contributed by atoms with E-state index in [2.05, 4.69) is 0 Å². The van der Waals surface area contributed by atoms with Gasteiger partial charge in [0, 0.05) is 11.4 Å². The second-order valence-electron chi connectivity index (χ2n) is 5.63. The van der Waals surface area contributed by atoms with Gasteiger partial charge in [0.2, 0.25) is 0 Å². The maximum Gasteiger partial charge on any atom is 0.170 e. The van der Waals surface area contributed by atoms with Crippen LogP contribution in [0.15, 0.2) is 36.4 Å². The summed E-state index contributed by atoms with van der Waals surface area (Å²) in [6.07, 6.45) is 0.817. The minimum Gasteiger partial charge on any atom is -0.490 e. The first-order valence-corrected chi connectivity index (χ1v) is 7.97. The summed E-state index contributed by atoms with van der Waals surface area (Å²) in [5.41, 5.74) is 1.45. The Bertz CT molecular complexity index is 772. The van der Waals surface area contributed by atoms with Crippen molar-refractivity contribution >= 4 is 17.4 Å². The van der Waals surface area contributed by atoms with E-state index >= 15 is 0 Å². The molecule has 0 saturated heterocycles. The van der Waals surface area contributed by atoms with Crippen LogP contribution in [0.2, 0.25) is 5.02 Å². The van der Waals surface area contributed by atoms with E-state index in [-0.39, 0.29) is 18.3 Å². The number of benzene rings is 2. The molecule has 0 N–H and O–H groups in total. The van der Waals surface area contributed by atoms with Gasteiger partial charge in [0.1, 0.15) is 11.9 Å². The summed E-state index contributed by atoms with van der Waals surface area (Å²) in [6.45, 7) is 1.28. The third kappa shape index (κ3) is 2.75. The van der Waals surface area contributed by atoms with Crippen molar-refractivity contribution in [1.29, 1.82) is 0 Å². The molecule has 5 heteroatoms. The first kappa shape index (κ1) is 14.4. The predicted molar refractivity (Wildman–Crippen MR) is 85.8 cm³/mol. The van der Waals surface area contributed by atoms with Crippen molar-refractivity contribution in [2.24, 2.45) is 0 Å². The third-order valence-electron chi connectivity index (χ3n) is 4.03. The summed E-state index contributed by atoms with van der Waals surface area (Å²) in [6, 6.07) is 10.8. The topological polar surface area (TPSA) is 44.8 Å². The van der Waals surface area contributed by atoms with Gasteiger partial charge in [-0.15, -0.1) is 0 Å². The summed E-state index contributed by atoms with van der Waals surface area (Å²) < 4.78 is 17.3. The van der Waals surface area contributed by atoms with Gasteiger partial charge in [0.15, 0.2) is 17.3 Å². The van der Waals surface area contributed by atoms with Crippen LogP contribution < -0.4 is 14.2 Å². The van der Waals surface area contributed by atoms with Gasteiger partial charge in [0.25, 0.3) is 0 Å². The Kier molecular flexibility index (Phi) is 3.62. The molecule has 118 valence electrons. The number of ether oxygens (including phenoxy) is 3. The fourth-order valence-electron chi connectivity index (χ4n) is 2.86. The summed E-state index contributed by atoms with van der Waals surface area (Å²) in [5.74, 6) is 2.05. The zero-order valence-electron chi connectivity index (χ0n) is 12.4. The van der Waals surface area contributed by atoms with Crippen molar-refractivity contribution in [3.8, 4) is 17.2 Å². The van der Waals surface area contributed by atoms with Crippen LogP contribution in [-0.4, -0.2) is 19.0 Å². The Morgan fingerprint density at radius 1 is 0.957 bits per heavy atom. The summed E-state index contributed by atoms with van der Waals surface area (Å²) in [7, 11) is 0. The standard InChI is InChI=1S/C18H15ClO4/c19-12-3-5-15-13(9-12)14(20)10-17(23-15)11-2-4-16-18(8-11)22-7-1-6-21-16/h2-5,8-9,17H,1,6-7,10H2.